The van der Waals surface area contributed by atoms with Gasteiger partial charge in [0.15, 0.2) is 0 Å². The number of carbonyl (C=O) groups excluding carboxylic acids is 2. The van der Waals surface area contributed by atoms with Crippen molar-refractivity contribution in [2.24, 2.45) is 0 Å². The summed E-state index contributed by atoms with van der Waals surface area (Å²) in [4.78, 5) is 26.8. The first-order valence-corrected chi connectivity index (χ1v) is 11.7. The fourth-order valence-corrected chi connectivity index (χ4v) is 4.30. The molecule has 1 saturated heterocycles. The van der Waals surface area contributed by atoms with Crippen LogP contribution in [0.5, 0.6) is 0 Å². The summed E-state index contributed by atoms with van der Waals surface area (Å²) in [5.74, 6) is -0.778. The zero-order chi connectivity index (χ0) is 22.6. The second-order valence-corrected chi connectivity index (χ2v) is 9.12. The van der Waals surface area contributed by atoms with E-state index in [1.807, 2.05) is 24.3 Å². The number of carbonyl (C=O) groups is 2. The third kappa shape index (κ3) is 5.73. The minimum Gasteiger partial charge on any atom is -0.384 e. The summed E-state index contributed by atoms with van der Waals surface area (Å²) >= 11 is 0. The Kier molecular flexibility index (Phi) is 9.33. The molecule has 1 N–H and O–H groups in total. The van der Waals surface area contributed by atoms with Crippen LogP contribution in [0.2, 0.25) is 0 Å². The van der Waals surface area contributed by atoms with Crippen molar-refractivity contribution in [3.05, 3.63) is 84.8 Å². The van der Waals surface area contributed by atoms with Gasteiger partial charge in [-0.1, -0.05) is 61.0 Å². The van der Waals surface area contributed by atoms with Gasteiger partial charge in [0.25, 0.3) is 5.91 Å². The maximum Gasteiger partial charge on any atom is 0.346 e. The maximum atomic E-state index is 12.9. The van der Waals surface area contributed by atoms with Crippen molar-refractivity contribution in [3.63, 3.8) is 0 Å². The van der Waals surface area contributed by atoms with Gasteiger partial charge in [0.2, 0.25) is 10.0 Å². The van der Waals surface area contributed by atoms with Gasteiger partial charge in [-0.25, -0.2) is 13.2 Å². The van der Waals surface area contributed by atoms with E-state index in [2.05, 4.69) is 6.92 Å². The fraction of sp³-hybridized carbons (Fsp3) is 0.261. The van der Waals surface area contributed by atoms with Gasteiger partial charge in [0.05, 0.1) is 6.26 Å². The number of aliphatic hydroxyl groups is 1. The van der Waals surface area contributed by atoms with Gasteiger partial charge in [-0.3, -0.25) is 9.69 Å². The molecule has 0 bridgehead atoms. The molecule has 3 rings (SSSR count). The van der Waals surface area contributed by atoms with E-state index in [0.29, 0.717) is 22.0 Å². The van der Waals surface area contributed by atoms with Gasteiger partial charge in [-0.2, -0.15) is 10.7 Å². The molecule has 1 radical (unpaired) electrons. The molecular weight excluding hydrogens is 505 g/mol. The Hall–Kier alpha value is -1.87. The number of nitrogens with zero attached hydrogens (tertiary/aromatic N) is 2. The van der Waals surface area contributed by atoms with Gasteiger partial charge in [0.1, 0.15) is 12.1 Å². The molecule has 0 aliphatic carbocycles. The molecule has 0 aromatic heterocycles. The monoisotopic (exact) mass is 530 g/mol. The van der Waals surface area contributed by atoms with Crippen LogP contribution in [0.4, 0.5) is 10.5 Å². The topological polar surface area (TPSA) is 95.0 Å². The summed E-state index contributed by atoms with van der Waals surface area (Å²) in [5.41, 5.74) is 1.71. The summed E-state index contributed by atoms with van der Waals surface area (Å²) in [6, 6.07) is 13.8. The quantitative estimate of drug-likeness (QED) is 0.321. The Bertz CT molecular complexity index is 1070. The van der Waals surface area contributed by atoms with Gasteiger partial charge in [-0.05, 0) is 29.7 Å². The molecule has 1 heterocycles. The first kappa shape index (κ1) is 26.4. The number of allylic oxidation sites excluding steroid dienone is 1. The maximum absolute atomic E-state index is 12.9. The Balaban J connectivity index is 0.00000363. The van der Waals surface area contributed by atoms with Crippen molar-refractivity contribution < 1.29 is 55.8 Å². The number of benzene rings is 2. The molecule has 1 aliphatic rings. The van der Waals surface area contributed by atoms with Gasteiger partial charge in [0, 0.05) is 38.4 Å². The fourth-order valence-electron chi connectivity index (χ4n) is 3.48. The van der Waals surface area contributed by atoms with Crippen LogP contribution < -0.4 is 4.90 Å². The number of anilines is 1. The number of imide groups is 1. The molecule has 0 saturated carbocycles. The zero-order valence-corrected chi connectivity index (χ0v) is 21.4. The number of amides is 3. The summed E-state index contributed by atoms with van der Waals surface area (Å²) in [7, 11) is -4.05. The van der Waals surface area contributed by atoms with Crippen LogP contribution in [0.15, 0.2) is 66.7 Å². The normalized spacial score (nSPS) is 17.7. The average Bonchev–Trinajstić information content (AvgIpc) is 3.01. The Morgan fingerprint density at radius 1 is 1.03 bits per heavy atom. The largest absolute Gasteiger partial charge is 0.384 e. The molecule has 32 heavy (non-hydrogen) atoms. The molecule has 3 amide bonds. The number of aliphatic hydroxyl groups excluding tert-OH is 1. The van der Waals surface area contributed by atoms with E-state index < -0.39 is 34.1 Å². The second-order valence-electron chi connectivity index (χ2n) is 7.29. The standard InChI is InChI=1S/C23H25N2O5S.Y/c1-3-4-5-9-12-20-22(27)25(31(2,29)30)23(28)24(20)19-15-13-18(14-16-19)21(26)17-10-7-6-8-11-17;/h5-11,13-16,20-21,26H,1,3-4,12H2,2H3;/q-1;/b9-5-;. The van der Waals surface area contributed by atoms with Crippen LogP contribution >= 0.6 is 0 Å². The average molecular weight is 530 g/mol. The van der Waals surface area contributed by atoms with Crippen LogP contribution in [-0.4, -0.2) is 42.1 Å². The van der Waals surface area contributed by atoms with Crippen LogP contribution in [-0.2, 0) is 47.5 Å². The molecule has 1 fully saturated rings. The molecular formula is C23H25N2O5SY-. The van der Waals surface area contributed by atoms with Gasteiger partial charge < -0.3 is 12.0 Å². The van der Waals surface area contributed by atoms with Crippen molar-refractivity contribution in [2.75, 3.05) is 11.2 Å². The molecule has 7 nitrogen and oxygen atoms in total. The zero-order valence-electron chi connectivity index (χ0n) is 17.8. The van der Waals surface area contributed by atoms with Crippen LogP contribution in [0.3, 0.4) is 0 Å². The molecule has 0 spiro atoms. The van der Waals surface area contributed by atoms with Crippen molar-refractivity contribution in [1.29, 1.82) is 0 Å². The van der Waals surface area contributed by atoms with E-state index in [1.54, 1.807) is 42.5 Å². The molecule has 1 aliphatic heterocycles. The Morgan fingerprint density at radius 3 is 2.19 bits per heavy atom. The van der Waals surface area contributed by atoms with E-state index in [1.165, 1.54) is 4.90 Å². The van der Waals surface area contributed by atoms with Crippen molar-refractivity contribution in [1.82, 2.24) is 4.31 Å². The molecule has 2 aromatic rings. The number of sulfonamides is 1. The van der Waals surface area contributed by atoms with Crippen LogP contribution in [0.1, 0.15) is 36.5 Å². The Labute approximate surface area is 214 Å². The minimum absolute atomic E-state index is 0. The summed E-state index contributed by atoms with van der Waals surface area (Å²) in [6.07, 6.45) is 5.19. The predicted molar refractivity (Wildman–Crippen MR) is 119 cm³/mol. The number of hydrogen-bond acceptors (Lipinski definition) is 5. The van der Waals surface area contributed by atoms with Crippen molar-refractivity contribution in [2.45, 2.75) is 31.4 Å². The number of urea groups is 1. The summed E-state index contributed by atoms with van der Waals surface area (Å²) in [6.45, 7) is 3.74. The van der Waals surface area contributed by atoms with E-state index in [4.69, 9.17) is 0 Å². The molecule has 2 aromatic carbocycles. The third-order valence-corrected chi connectivity index (χ3v) is 6.01. The minimum atomic E-state index is -4.05. The van der Waals surface area contributed by atoms with Crippen molar-refractivity contribution in [3.8, 4) is 0 Å². The number of hydrogen-bond donors (Lipinski definition) is 1. The second kappa shape index (κ2) is 11.3. The summed E-state index contributed by atoms with van der Waals surface area (Å²) < 4.78 is 24.4. The first-order chi connectivity index (χ1) is 14.8. The number of unbranched alkanes of at least 4 members (excludes halogenated alkanes) is 1. The first-order valence-electron chi connectivity index (χ1n) is 9.90. The van der Waals surface area contributed by atoms with E-state index in [9.17, 15) is 23.1 Å². The van der Waals surface area contributed by atoms with Crippen LogP contribution in [0, 0.1) is 6.92 Å². The molecule has 2 unspecified atom stereocenters. The van der Waals surface area contributed by atoms with Crippen molar-refractivity contribution >= 4 is 27.6 Å². The third-order valence-electron chi connectivity index (χ3n) is 5.01. The smallest absolute Gasteiger partial charge is 0.346 e. The Morgan fingerprint density at radius 2 is 1.62 bits per heavy atom. The van der Waals surface area contributed by atoms with E-state index in [-0.39, 0.29) is 39.1 Å². The predicted octanol–water partition coefficient (Wildman–Crippen LogP) is 3.42. The van der Waals surface area contributed by atoms with Gasteiger partial charge in [-0.15, -0.1) is 0 Å². The van der Waals surface area contributed by atoms with E-state index >= 15 is 0 Å². The van der Waals surface area contributed by atoms with Gasteiger partial charge >= 0.3 is 6.03 Å². The molecule has 167 valence electrons. The van der Waals surface area contributed by atoms with Crippen LogP contribution in [0.25, 0.3) is 0 Å². The number of rotatable bonds is 8. The molecule has 2 atom stereocenters. The SMILES string of the molecule is [CH2-]CC/C=C\CC1C(=O)N(S(C)(=O)=O)C(=O)N1c1ccc(C(O)c2ccccc2)cc1.[Y]. The summed E-state index contributed by atoms with van der Waals surface area (Å²) in [5, 5.41) is 10.6. The molecule has 9 heteroatoms. The van der Waals surface area contributed by atoms with E-state index in [0.717, 1.165) is 18.2 Å².